The Labute approximate surface area is 161 Å². The average molecular weight is 452 g/mol. The number of carbonyl (C=O) groups excluding carboxylic acids is 1. The molecule has 1 heterocycles. The van der Waals surface area contributed by atoms with Crippen LogP contribution in [0.15, 0.2) is 42.5 Å². The van der Waals surface area contributed by atoms with E-state index >= 15 is 0 Å². The molecule has 4 nitrogen and oxygen atoms in total. The van der Waals surface area contributed by atoms with E-state index < -0.39 is 0 Å². The van der Waals surface area contributed by atoms with Crippen molar-refractivity contribution < 1.29 is 19.0 Å². The van der Waals surface area contributed by atoms with E-state index in [1.165, 1.54) is 9.13 Å². The van der Waals surface area contributed by atoms with Crippen LogP contribution in [0.3, 0.4) is 0 Å². The van der Waals surface area contributed by atoms with E-state index in [0.29, 0.717) is 24.5 Å². The quantitative estimate of drug-likeness (QED) is 0.356. The van der Waals surface area contributed by atoms with Crippen LogP contribution in [0.4, 0.5) is 0 Å². The number of halogens is 1. The summed E-state index contributed by atoms with van der Waals surface area (Å²) in [5.74, 6) is 0.420. The van der Waals surface area contributed by atoms with Crippen LogP contribution in [-0.4, -0.2) is 25.8 Å². The number of esters is 1. The Morgan fingerprint density at radius 2 is 2.00 bits per heavy atom. The molecule has 1 atom stereocenters. The molecule has 2 aromatic rings. The molecule has 1 aliphatic rings. The van der Waals surface area contributed by atoms with E-state index in [9.17, 15) is 4.79 Å². The fourth-order valence-electron chi connectivity index (χ4n) is 2.90. The monoisotopic (exact) mass is 452 g/mol. The Kier molecular flexibility index (Phi) is 6.31. The number of benzene rings is 2. The highest BCUT2D eigenvalue weighted by atomic mass is 127. The first-order chi connectivity index (χ1) is 12.2. The zero-order valence-corrected chi connectivity index (χ0v) is 16.3. The third-order valence-corrected chi connectivity index (χ3v) is 4.97. The summed E-state index contributed by atoms with van der Waals surface area (Å²) in [5, 5.41) is 0. The summed E-state index contributed by atoms with van der Waals surface area (Å²) in [6.07, 6.45) is 2.36. The van der Waals surface area contributed by atoms with Crippen LogP contribution >= 0.6 is 22.6 Å². The minimum atomic E-state index is -0.259. The van der Waals surface area contributed by atoms with Gasteiger partial charge in [0, 0.05) is 16.6 Å². The topological polar surface area (TPSA) is 44.8 Å². The van der Waals surface area contributed by atoms with Crippen LogP contribution in [0.1, 0.15) is 34.3 Å². The van der Waals surface area contributed by atoms with Gasteiger partial charge in [0.25, 0.3) is 0 Å². The first kappa shape index (κ1) is 18.2. The van der Waals surface area contributed by atoms with Gasteiger partial charge in [-0.15, -0.1) is 0 Å². The van der Waals surface area contributed by atoms with Gasteiger partial charge in [-0.2, -0.15) is 0 Å². The average Bonchev–Trinajstić information content (AvgIpc) is 2.63. The molecule has 0 saturated heterocycles. The number of carbonyl (C=O) groups is 1. The highest BCUT2D eigenvalue weighted by molar-refractivity contribution is 14.1. The predicted molar refractivity (Wildman–Crippen MR) is 104 cm³/mol. The van der Waals surface area contributed by atoms with Gasteiger partial charge in [0.05, 0.1) is 19.3 Å². The molecule has 2 aromatic carbocycles. The van der Waals surface area contributed by atoms with Crippen LogP contribution in [0.5, 0.6) is 5.75 Å². The zero-order valence-electron chi connectivity index (χ0n) is 14.2. The van der Waals surface area contributed by atoms with E-state index in [4.69, 9.17) is 14.2 Å². The molecule has 1 aliphatic heterocycles. The smallest absolute Gasteiger partial charge is 0.338 e. The summed E-state index contributed by atoms with van der Waals surface area (Å²) in [4.78, 5) is 12.2. The van der Waals surface area contributed by atoms with Gasteiger partial charge in [-0.1, -0.05) is 18.2 Å². The summed E-state index contributed by atoms with van der Waals surface area (Å²) in [6.45, 7) is 1.28. The number of rotatable bonds is 7. The van der Waals surface area contributed by atoms with E-state index in [1.54, 1.807) is 13.2 Å². The second-order valence-electron chi connectivity index (χ2n) is 6.08. The summed E-state index contributed by atoms with van der Waals surface area (Å²) in [7, 11) is 1.59. The van der Waals surface area contributed by atoms with Crippen molar-refractivity contribution in [3.8, 4) is 5.75 Å². The van der Waals surface area contributed by atoms with Gasteiger partial charge in [0.2, 0.25) is 0 Å². The summed E-state index contributed by atoms with van der Waals surface area (Å²) >= 11 is 2.29. The lowest BCUT2D eigenvalue weighted by molar-refractivity contribution is 0.0200. The number of hydrogen-bond donors (Lipinski definition) is 0. The summed E-state index contributed by atoms with van der Waals surface area (Å²) in [6, 6.07) is 13.9. The standard InChI is InChI=1S/C20H21IO4/c1-23-17-9-6-15-11-18(25-20(22)19(15)12-17)3-2-10-24-13-14-4-7-16(21)8-5-14/h4-9,12,18H,2-3,10-11,13H2,1H3. The molecule has 3 rings (SSSR count). The zero-order chi connectivity index (χ0) is 17.6. The van der Waals surface area contributed by atoms with Crippen LogP contribution in [0.25, 0.3) is 0 Å². The molecule has 0 N–H and O–H groups in total. The van der Waals surface area contributed by atoms with Crippen LogP contribution in [0.2, 0.25) is 0 Å². The molecule has 0 spiro atoms. The number of fused-ring (bicyclic) bond motifs is 1. The number of ether oxygens (including phenoxy) is 3. The van der Waals surface area contributed by atoms with Crippen LogP contribution < -0.4 is 4.74 Å². The van der Waals surface area contributed by atoms with Gasteiger partial charge in [0.1, 0.15) is 11.9 Å². The molecule has 132 valence electrons. The highest BCUT2D eigenvalue weighted by Crippen LogP contribution is 2.26. The number of methoxy groups -OCH3 is 1. The normalized spacial score (nSPS) is 16.2. The Balaban J connectivity index is 1.43. The highest BCUT2D eigenvalue weighted by Gasteiger charge is 2.26. The van der Waals surface area contributed by atoms with E-state index in [1.807, 2.05) is 12.1 Å². The van der Waals surface area contributed by atoms with Gasteiger partial charge >= 0.3 is 5.97 Å². The van der Waals surface area contributed by atoms with Crippen LogP contribution in [-0.2, 0) is 22.5 Å². The van der Waals surface area contributed by atoms with E-state index in [0.717, 1.165) is 24.8 Å². The van der Waals surface area contributed by atoms with Gasteiger partial charge in [0.15, 0.2) is 0 Å². The molecule has 0 saturated carbocycles. The Morgan fingerprint density at radius 3 is 2.76 bits per heavy atom. The van der Waals surface area contributed by atoms with Crippen molar-refractivity contribution in [2.24, 2.45) is 0 Å². The van der Waals surface area contributed by atoms with Crippen molar-refractivity contribution in [1.82, 2.24) is 0 Å². The third-order valence-electron chi connectivity index (χ3n) is 4.25. The van der Waals surface area contributed by atoms with Crippen molar-refractivity contribution in [2.75, 3.05) is 13.7 Å². The lowest BCUT2D eigenvalue weighted by atomic mass is 9.96. The molecular formula is C20H21IO4. The Hall–Kier alpha value is -1.60. The van der Waals surface area contributed by atoms with Crippen molar-refractivity contribution in [2.45, 2.75) is 32.0 Å². The SMILES string of the molecule is COc1ccc2c(c1)C(=O)OC(CCCOCc1ccc(I)cc1)C2. The largest absolute Gasteiger partial charge is 0.497 e. The van der Waals surface area contributed by atoms with Crippen molar-refractivity contribution in [1.29, 1.82) is 0 Å². The molecule has 25 heavy (non-hydrogen) atoms. The lowest BCUT2D eigenvalue weighted by Gasteiger charge is -2.25. The van der Waals surface area contributed by atoms with Gasteiger partial charge < -0.3 is 14.2 Å². The molecule has 1 unspecified atom stereocenters. The minimum absolute atomic E-state index is 0.0738. The first-order valence-electron chi connectivity index (χ1n) is 8.36. The number of hydrogen-bond acceptors (Lipinski definition) is 4. The molecule has 0 radical (unpaired) electrons. The number of cyclic esters (lactones) is 1. The van der Waals surface area contributed by atoms with Gasteiger partial charge in [-0.05, 0) is 70.8 Å². The van der Waals surface area contributed by atoms with E-state index in [2.05, 4.69) is 46.9 Å². The van der Waals surface area contributed by atoms with Crippen molar-refractivity contribution >= 4 is 28.6 Å². The first-order valence-corrected chi connectivity index (χ1v) is 9.43. The van der Waals surface area contributed by atoms with E-state index in [-0.39, 0.29) is 12.1 Å². The Morgan fingerprint density at radius 1 is 1.20 bits per heavy atom. The predicted octanol–water partition coefficient (Wildman–Crippen LogP) is 4.38. The Bertz CT molecular complexity index is 727. The van der Waals surface area contributed by atoms with Crippen LogP contribution in [0, 0.1) is 3.57 Å². The maximum atomic E-state index is 12.2. The molecule has 0 aromatic heterocycles. The maximum Gasteiger partial charge on any atom is 0.338 e. The summed E-state index contributed by atoms with van der Waals surface area (Å²) < 4.78 is 17.6. The maximum absolute atomic E-state index is 12.2. The van der Waals surface area contributed by atoms with Crippen molar-refractivity contribution in [3.05, 3.63) is 62.7 Å². The second kappa shape index (κ2) is 8.67. The molecule has 0 fully saturated rings. The molecular weight excluding hydrogens is 431 g/mol. The van der Waals surface area contributed by atoms with Gasteiger partial charge in [-0.25, -0.2) is 4.79 Å². The van der Waals surface area contributed by atoms with Crippen molar-refractivity contribution in [3.63, 3.8) is 0 Å². The molecule has 5 heteroatoms. The lowest BCUT2D eigenvalue weighted by Crippen LogP contribution is -2.28. The molecule has 0 amide bonds. The van der Waals surface area contributed by atoms with Gasteiger partial charge in [-0.3, -0.25) is 0 Å². The molecule has 0 aliphatic carbocycles. The summed E-state index contributed by atoms with van der Waals surface area (Å²) in [5.41, 5.74) is 2.82. The molecule has 0 bridgehead atoms. The minimum Gasteiger partial charge on any atom is -0.497 e. The fraction of sp³-hybridized carbons (Fsp3) is 0.350. The third kappa shape index (κ3) is 4.95. The second-order valence-corrected chi connectivity index (χ2v) is 7.32. The fourth-order valence-corrected chi connectivity index (χ4v) is 3.26.